The van der Waals surface area contributed by atoms with Crippen molar-refractivity contribution in [3.05, 3.63) is 35.0 Å². The third-order valence-corrected chi connectivity index (χ3v) is 3.19. The average molecular weight is 294 g/mol. The molecule has 0 atom stereocenters. The predicted molar refractivity (Wildman–Crippen MR) is 75.8 cm³/mol. The zero-order valence-corrected chi connectivity index (χ0v) is 12.4. The SMILES string of the molecule is CC(C)(O)C(C)(C)OB(O)O.O=C1N=c2ccccc2=N1. The Morgan fingerprint density at radius 2 is 1.48 bits per heavy atom. The maximum atomic E-state index is 10.6. The van der Waals surface area contributed by atoms with Crippen LogP contribution in [0.1, 0.15) is 27.7 Å². The molecule has 1 aromatic carbocycles. The molecule has 1 aliphatic heterocycles. The van der Waals surface area contributed by atoms with E-state index >= 15 is 0 Å². The van der Waals surface area contributed by atoms with Crippen molar-refractivity contribution in [1.82, 2.24) is 0 Å². The molecule has 2 amide bonds. The van der Waals surface area contributed by atoms with Crippen LogP contribution in [0, 0.1) is 0 Å². The highest BCUT2D eigenvalue weighted by Crippen LogP contribution is 2.24. The van der Waals surface area contributed by atoms with Gasteiger partial charge in [0.15, 0.2) is 0 Å². The number of urea groups is 1. The third-order valence-electron chi connectivity index (χ3n) is 3.19. The molecule has 0 saturated carbocycles. The fourth-order valence-corrected chi connectivity index (χ4v) is 1.29. The summed E-state index contributed by atoms with van der Waals surface area (Å²) in [5.41, 5.74) is -2.10. The zero-order valence-electron chi connectivity index (χ0n) is 12.4. The number of hydrogen-bond donors (Lipinski definition) is 3. The van der Waals surface area contributed by atoms with E-state index in [1.165, 1.54) is 13.8 Å². The number of amides is 2. The van der Waals surface area contributed by atoms with E-state index in [0.29, 0.717) is 10.7 Å². The Labute approximate surface area is 122 Å². The minimum absolute atomic E-state index is 0.402. The highest BCUT2D eigenvalue weighted by molar-refractivity contribution is 6.32. The molecule has 2 rings (SSSR count). The molecule has 1 aromatic rings. The summed E-state index contributed by atoms with van der Waals surface area (Å²) in [6, 6.07) is 6.79. The molecule has 0 radical (unpaired) electrons. The second-order valence-corrected chi connectivity index (χ2v) is 5.51. The number of hydrogen-bond acceptors (Lipinski definition) is 5. The van der Waals surface area contributed by atoms with E-state index in [1.54, 1.807) is 26.0 Å². The van der Waals surface area contributed by atoms with Crippen LogP contribution >= 0.6 is 0 Å². The molecule has 0 bridgehead atoms. The lowest BCUT2D eigenvalue weighted by Gasteiger charge is -2.37. The van der Waals surface area contributed by atoms with Crippen LogP contribution in [0.3, 0.4) is 0 Å². The van der Waals surface area contributed by atoms with Gasteiger partial charge in [-0.1, -0.05) is 12.1 Å². The van der Waals surface area contributed by atoms with Gasteiger partial charge in [-0.25, -0.2) is 4.79 Å². The second-order valence-electron chi connectivity index (χ2n) is 5.51. The van der Waals surface area contributed by atoms with Gasteiger partial charge in [0.2, 0.25) is 0 Å². The molecule has 114 valence electrons. The maximum Gasteiger partial charge on any atom is 0.634 e. The van der Waals surface area contributed by atoms with Crippen LogP contribution in [0.4, 0.5) is 4.79 Å². The van der Waals surface area contributed by atoms with Gasteiger partial charge in [-0.3, -0.25) is 0 Å². The third kappa shape index (κ3) is 5.02. The Kier molecular flexibility index (Phi) is 5.35. The van der Waals surface area contributed by atoms with Gasteiger partial charge in [0, 0.05) is 0 Å². The van der Waals surface area contributed by atoms with E-state index in [1.807, 2.05) is 12.1 Å². The second kappa shape index (κ2) is 6.44. The van der Waals surface area contributed by atoms with Gasteiger partial charge in [-0.2, -0.15) is 9.98 Å². The summed E-state index contributed by atoms with van der Waals surface area (Å²) in [4.78, 5) is 17.9. The van der Waals surface area contributed by atoms with Crippen molar-refractivity contribution in [2.75, 3.05) is 0 Å². The van der Waals surface area contributed by atoms with Crippen LogP contribution in [0.2, 0.25) is 0 Å². The minimum Gasteiger partial charge on any atom is -0.402 e. The number of fused-ring (bicyclic) bond motifs is 1. The van der Waals surface area contributed by atoms with Crippen molar-refractivity contribution in [3.8, 4) is 0 Å². The first kappa shape index (κ1) is 17.4. The van der Waals surface area contributed by atoms with E-state index in [0.717, 1.165) is 0 Å². The highest BCUT2D eigenvalue weighted by Gasteiger charge is 2.38. The normalized spacial score (nSPS) is 13.6. The Morgan fingerprint density at radius 1 is 1.05 bits per heavy atom. The monoisotopic (exact) mass is 294 g/mol. The first-order valence-corrected chi connectivity index (χ1v) is 6.36. The maximum absolute atomic E-state index is 10.6. The number of carbonyl (C=O) groups is 1. The molecule has 7 nitrogen and oxygen atoms in total. The predicted octanol–water partition coefficient (Wildman–Crippen LogP) is -0.419. The van der Waals surface area contributed by atoms with E-state index in [9.17, 15) is 9.90 Å². The number of carbonyl (C=O) groups excluding carboxylic acids is 1. The van der Waals surface area contributed by atoms with Crippen molar-refractivity contribution in [1.29, 1.82) is 0 Å². The fraction of sp³-hybridized carbons (Fsp3) is 0.462. The Morgan fingerprint density at radius 3 is 1.76 bits per heavy atom. The summed E-state index contributed by atoms with van der Waals surface area (Å²) in [5.74, 6) is 0. The van der Waals surface area contributed by atoms with Gasteiger partial charge >= 0.3 is 13.4 Å². The Hall–Kier alpha value is -1.61. The van der Waals surface area contributed by atoms with E-state index in [-0.39, 0.29) is 0 Å². The van der Waals surface area contributed by atoms with Crippen LogP contribution < -0.4 is 10.7 Å². The van der Waals surface area contributed by atoms with Crippen LogP contribution in [0.25, 0.3) is 0 Å². The standard InChI is InChI=1S/C7H4N2O.C6H15BO4/c10-7-8-5-3-1-2-4-6(5)9-7;1-5(2,8)6(3,4)11-7(9)10/h1-4H;8-10H,1-4H3. The zero-order chi connectivity index (χ0) is 16.3. The lowest BCUT2D eigenvalue weighted by atomic mass is 9.88. The first-order chi connectivity index (χ1) is 9.53. The van der Waals surface area contributed by atoms with Crippen LogP contribution in [0.15, 0.2) is 34.3 Å². The molecular weight excluding hydrogens is 275 g/mol. The van der Waals surface area contributed by atoms with Crippen LogP contribution in [0.5, 0.6) is 0 Å². The van der Waals surface area contributed by atoms with E-state index in [2.05, 4.69) is 14.6 Å². The van der Waals surface area contributed by atoms with E-state index < -0.39 is 24.6 Å². The molecule has 0 aromatic heterocycles. The van der Waals surface area contributed by atoms with E-state index in [4.69, 9.17) is 10.0 Å². The van der Waals surface area contributed by atoms with Gasteiger partial charge in [-0.15, -0.1) is 0 Å². The fourth-order valence-electron chi connectivity index (χ4n) is 1.29. The largest absolute Gasteiger partial charge is 0.634 e. The number of aliphatic hydroxyl groups is 1. The summed E-state index contributed by atoms with van der Waals surface area (Å²) in [7, 11) is -1.85. The van der Waals surface area contributed by atoms with Gasteiger partial charge in [-0.05, 0) is 39.8 Å². The molecule has 3 N–H and O–H groups in total. The summed E-state index contributed by atoms with van der Waals surface area (Å²) in [6.45, 7) is 6.23. The highest BCUT2D eigenvalue weighted by atomic mass is 16.6. The summed E-state index contributed by atoms with van der Waals surface area (Å²) in [5, 5.41) is 27.7. The van der Waals surface area contributed by atoms with Gasteiger partial charge in [0.1, 0.15) is 0 Å². The number of nitrogens with zero attached hydrogens (tertiary/aromatic N) is 2. The van der Waals surface area contributed by atoms with Crippen molar-refractivity contribution in [3.63, 3.8) is 0 Å². The molecule has 0 unspecified atom stereocenters. The Bertz CT molecular complexity index is 585. The van der Waals surface area contributed by atoms with Crippen molar-refractivity contribution in [2.45, 2.75) is 38.9 Å². The Balaban J connectivity index is 0.000000210. The lowest BCUT2D eigenvalue weighted by molar-refractivity contribution is -0.109. The van der Waals surface area contributed by atoms with Gasteiger partial charge in [0.05, 0.1) is 21.9 Å². The molecule has 0 saturated heterocycles. The van der Waals surface area contributed by atoms with Crippen molar-refractivity contribution < 1.29 is 24.6 Å². The number of benzene rings is 1. The topological polar surface area (TPSA) is 112 Å². The molecular formula is C13H19BN2O5. The molecule has 8 heteroatoms. The minimum atomic E-state index is -1.85. The lowest BCUT2D eigenvalue weighted by Crippen LogP contribution is -2.50. The molecule has 0 spiro atoms. The number of rotatable bonds is 3. The van der Waals surface area contributed by atoms with Gasteiger partial charge < -0.3 is 19.8 Å². The van der Waals surface area contributed by atoms with Crippen LogP contribution in [-0.2, 0) is 4.65 Å². The smallest absolute Gasteiger partial charge is 0.402 e. The van der Waals surface area contributed by atoms with Crippen LogP contribution in [-0.4, -0.2) is 39.7 Å². The molecule has 0 aliphatic carbocycles. The molecule has 21 heavy (non-hydrogen) atoms. The first-order valence-electron chi connectivity index (χ1n) is 6.36. The molecule has 1 aliphatic rings. The summed E-state index contributed by atoms with van der Waals surface area (Å²) >= 11 is 0. The van der Waals surface area contributed by atoms with Crippen molar-refractivity contribution >= 4 is 13.4 Å². The molecule has 0 fully saturated rings. The van der Waals surface area contributed by atoms with Crippen molar-refractivity contribution in [2.24, 2.45) is 9.98 Å². The van der Waals surface area contributed by atoms with Gasteiger partial charge in [0.25, 0.3) is 0 Å². The summed E-state index contributed by atoms with van der Waals surface area (Å²) in [6.07, 6.45) is 0. The summed E-state index contributed by atoms with van der Waals surface area (Å²) < 4.78 is 4.66. The number of para-hydroxylation sites is 2. The quantitative estimate of drug-likeness (QED) is 0.656. The average Bonchev–Trinajstić information content (AvgIpc) is 2.66. The molecule has 1 heterocycles.